The molecule has 3 rings (SSSR count). The minimum Gasteiger partial charge on any atom is -0.484 e. The molecule has 0 unspecified atom stereocenters. The van der Waals surface area contributed by atoms with E-state index < -0.39 is 28.4 Å². The number of alkyl halides is 3. The number of furan rings is 1. The van der Waals surface area contributed by atoms with E-state index in [9.17, 15) is 28.1 Å². The van der Waals surface area contributed by atoms with Gasteiger partial charge < -0.3 is 14.5 Å². The number of benzene rings is 1. The predicted molar refractivity (Wildman–Crippen MR) is 97.4 cm³/mol. The van der Waals surface area contributed by atoms with Crippen LogP contribution >= 0.6 is 11.6 Å². The van der Waals surface area contributed by atoms with Crippen LogP contribution < -0.4 is 10.1 Å². The van der Waals surface area contributed by atoms with Crippen molar-refractivity contribution in [3.8, 4) is 5.75 Å². The minimum atomic E-state index is -4.76. The average molecular weight is 445 g/mol. The highest BCUT2D eigenvalue weighted by Crippen LogP contribution is 2.35. The van der Waals surface area contributed by atoms with Crippen LogP contribution in [0.3, 0.4) is 0 Å². The first-order valence-corrected chi connectivity index (χ1v) is 8.53. The predicted octanol–water partition coefficient (Wildman–Crippen LogP) is 4.72. The normalized spacial score (nSPS) is 11.4. The highest BCUT2D eigenvalue weighted by Gasteiger charge is 2.38. The van der Waals surface area contributed by atoms with Crippen LogP contribution in [0.25, 0.3) is 0 Å². The molecule has 2 N–H and O–H groups in total. The van der Waals surface area contributed by atoms with Gasteiger partial charge in [-0.1, -0.05) is 11.6 Å². The first-order chi connectivity index (χ1) is 14.1. The Morgan fingerprint density at radius 3 is 2.77 bits per heavy atom. The van der Waals surface area contributed by atoms with Crippen molar-refractivity contribution in [1.29, 1.82) is 0 Å². The second-order valence-electron chi connectivity index (χ2n) is 5.95. The van der Waals surface area contributed by atoms with Crippen LogP contribution in [0.5, 0.6) is 5.75 Å². The van der Waals surface area contributed by atoms with Crippen LogP contribution in [0.2, 0.25) is 5.02 Å². The Kier molecular flexibility index (Phi) is 5.69. The number of hydrogen-bond donors (Lipinski definition) is 2. The summed E-state index contributed by atoms with van der Waals surface area (Å²) in [4.78, 5) is 22.5. The van der Waals surface area contributed by atoms with E-state index in [4.69, 9.17) is 20.8 Å². The average Bonchev–Trinajstić information content (AvgIpc) is 3.28. The minimum absolute atomic E-state index is 0.0195. The molecular weight excluding hydrogens is 433 g/mol. The lowest BCUT2D eigenvalue weighted by Gasteiger charge is -2.08. The zero-order valence-electron chi connectivity index (χ0n) is 15.0. The van der Waals surface area contributed by atoms with Crippen molar-refractivity contribution in [3.63, 3.8) is 0 Å². The Balaban J connectivity index is 1.70. The number of H-pyrrole nitrogens is 1. The van der Waals surface area contributed by atoms with Crippen molar-refractivity contribution in [2.45, 2.75) is 19.7 Å². The summed E-state index contributed by atoms with van der Waals surface area (Å²) >= 11 is 5.93. The van der Waals surface area contributed by atoms with Crippen LogP contribution in [0, 0.1) is 17.0 Å². The van der Waals surface area contributed by atoms with Crippen LogP contribution in [0.4, 0.5) is 24.5 Å². The highest BCUT2D eigenvalue weighted by atomic mass is 35.5. The summed E-state index contributed by atoms with van der Waals surface area (Å²) in [5.74, 6) is -1.03. The summed E-state index contributed by atoms with van der Waals surface area (Å²) in [7, 11) is 0. The number of nitro benzene ring substituents is 1. The van der Waals surface area contributed by atoms with Crippen LogP contribution in [-0.4, -0.2) is 21.0 Å². The maximum atomic E-state index is 13.0. The molecule has 3 aromatic rings. The van der Waals surface area contributed by atoms with Gasteiger partial charge in [0.25, 0.3) is 11.6 Å². The number of nitrogens with one attached hydrogen (secondary N) is 2. The third-order valence-electron chi connectivity index (χ3n) is 3.84. The first kappa shape index (κ1) is 21.2. The number of halogens is 4. The Morgan fingerprint density at radius 2 is 2.10 bits per heavy atom. The zero-order valence-corrected chi connectivity index (χ0v) is 15.8. The second kappa shape index (κ2) is 8.06. The number of amides is 1. The van der Waals surface area contributed by atoms with E-state index in [1.807, 2.05) is 0 Å². The maximum Gasteiger partial charge on any atom is 0.437 e. The summed E-state index contributed by atoms with van der Waals surface area (Å²) in [6.45, 7) is 1.09. The monoisotopic (exact) mass is 444 g/mol. The SMILES string of the molecule is Cc1[nH]nc(C(F)(F)F)c1NC(=O)c1ccc(COc2cc([N+](=O)[O-])ccc2Cl)o1. The number of carbonyl (C=O) groups is 1. The molecule has 0 saturated heterocycles. The number of aromatic nitrogens is 2. The van der Waals surface area contributed by atoms with Crippen LogP contribution in [0.1, 0.15) is 27.7 Å². The van der Waals surface area contributed by atoms with Crippen LogP contribution in [-0.2, 0) is 12.8 Å². The van der Waals surface area contributed by atoms with Gasteiger partial charge in [0.2, 0.25) is 0 Å². The quantitative estimate of drug-likeness (QED) is 0.418. The zero-order chi connectivity index (χ0) is 22.1. The molecular formula is C17H12ClF3N4O5. The lowest BCUT2D eigenvalue weighted by Crippen LogP contribution is -2.16. The molecule has 0 saturated carbocycles. The number of nitrogens with zero attached hydrogens (tertiary/aromatic N) is 2. The van der Waals surface area contributed by atoms with Crippen molar-refractivity contribution in [1.82, 2.24) is 10.2 Å². The molecule has 0 bridgehead atoms. The van der Waals surface area contributed by atoms with E-state index in [-0.39, 0.29) is 40.3 Å². The van der Waals surface area contributed by atoms with Gasteiger partial charge in [-0.25, -0.2) is 0 Å². The van der Waals surface area contributed by atoms with E-state index in [0.717, 1.165) is 6.07 Å². The smallest absolute Gasteiger partial charge is 0.437 e. The molecule has 0 radical (unpaired) electrons. The van der Waals surface area contributed by atoms with Gasteiger partial charge in [0.05, 0.1) is 27.4 Å². The van der Waals surface area contributed by atoms with Gasteiger partial charge in [-0.2, -0.15) is 18.3 Å². The molecule has 0 atom stereocenters. The number of rotatable bonds is 6. The molecule has 13 heteroatoms. The fourth-order valence-corrected chi connectivity index (χ4v) is 2.58. The summed E-state index contributed by atoms with van der Waals surface area (Å²) in [6, 6.07) is 6.23. The van der Waals surface area contributed by atoms with Crippen molar-refractivity contribution >= 4 is 28.9 Å². The standard InChI is InChI=1S/C17H12ClF3N4O5/c1-8-14(15(24-23-8)17(19,20)21)22-16(26)12-5-3-10(30-12)7-29-13-6-9(25(27)28)2-4-11(13)18/h2-6H,7H2,1H3,(H,22,26)(H,23,24). The molecule has 0 aliphatic carbocycles. The molecule has 158 valence electrons. The van der Waals surface area contributed by atoms with E-state index in [2.05, 4.69) is 15.5 Å². The molecule has 9 nitrogen and oxygen atoms in total. The van der Waals surface area contributed by atoms with Gasteiger partial charge in [-0.3, -0.25) is 20.0 Å². The van der Waals surface area contributed by atoms with E-state index >= 15 is 0 Å². The van der Waals surface area contributed by atoms with Crippen molar-refractivity contribution in [2.75, 3.05) is 5.32 Å². The fourth-order valence-electron chi connectivity index (χ4n) is 2.40. The maximum absolute atomic E-state index is 13.0. The van der Waals surface area contributed by atoms with Gasteiger partial charge in [0, 0.05) is 6.07 Å². The highest BCUT2D eigenvalue weighted by molar-refractivity contribution is 6.32. The molecule has 0 fully saturated rings. The molecule has 30 heavy (non-hydrogen) atoms. The third kappa shape index (κ3) is 4.54. The summed E-state index contributed by atoms with van der Waals surface area (Å²) < 4.78 is 49.5. The molecule has 0 aliphatic heterocycles. The number of non-ortho nitro benzene ring substituents is 1. The molecule has 0 aliphatic rings. The van der Waals surface area contributed by atoms with Crippen molar-refractivity contribution in [3.05, 3.63) is 68.4 Å². The number of anilines is 1. The van der Waals surface area contributed by atoms with E-state index in [1.165, 1.54) is 31.2 Å². The summed E-state index contributed by atoms with van der Waals surface area (Å²) in [6.07, 6.45) is -4.76. The topological polar surface area (TPSA) is 123 Å². The number of carbonyl (C=O) groups excluding carboxylic acids is 1. The van der Waals surface area contributed by atoms with Crippen LogP contribution in [0.15, 0.2) is 34.7 Å². The van der Waals surface area contributed by atoms with Gasteiger partial charge in [0.1, 0.15) is 18.1 Å². The number of aromatic amines is 1. The molecule has 2 aromatic heterocycles. The van der Waals surface area contributed by atoms with Gasteiger partial charge in [-0.05, 0) is 25.1 Å². The number of ether oxygens (including phenoxy) is 1. The number of nitro groups is 1. The Morgan fingerprint density at radius 1 is 1.37 bits per heavy atom. The summed E-state index contributed by atoms with van der Waals surface area (Å²) in [5, 5.41) is 18.4. The molecule has 0 spiro atoms. The van der Waals surface area contributed by atoms with E-state index in [0.29, 0.717) is 0 Å². The lowest BCUT2D eigenvalue weighted by atomic mass is 10.2. The molecule has 1 aromatic carbocycles. The Hall–Kier alpha value is -3.54. The third-order valence-corrected chi connectivity index (χ3v) is 4.15. The lowest BCUT2D eigenvalue weighted by molar-refractivity contribution is -0.384. The van der Waals surface area contributed by atoms with Gasteiger partial charge in [-0.15, -0.1) is 0 Å². The fraction of sp³-hybridized carbons (Fsp3) is 0.176. The van der Waals surface area contributed by atoms with Gasteiger partial charge >= 0.3 is 6.18 Å². The first-order valence-electron chi connectivity index (χ1n) is 8.15. The summed E-state index contributed by atoms with van der Waals surface area (Å²) in [5.41, 5.74) is -1.98. The molecule has 1 amide bonds. The number of hydrogen-bond acceptors (Lipinski definition) is 6. The molecule has 2 heterocycles. The van der Waals surface area contributed by atoms with E-state index in [1.54, 1.807) is 0 Å². The van der Waals surface area contributed by atoms with Gasteiger partial charge in [0.15, 0.2) is 11.5 Å². The van der Waals surface area contributed by atoms with Crippen molar-refractivity contribution < 1.29 is 32.0 Å². The van der Waals surface area contributed by atoms with Crippen molar-refractivity contribution in [2.24, 2.45) is 0 Å². The Bertz CT molecular complexity index is 1110. The Labute approximate surface area is 170 Å². The number of aryl methyl sites for hydroxylation is 1. The second-order valence-corrected chi connectivity index (χ2v) is 6.36. The largest absolute Gasteiger partial charge is 0.484 e.